The topological polar surface area (TPSA) is 34.1 Å². The van der Waals surface area contributed by atoms with Gasteiger partial charge >= 0.3 is 0 Å². The number of hydrogen-bond acceptors (Lipinski definition) is 2. The Balaban J connectivity index is 2.83. The zero-order valence-corrected chi connectivity index (χ0v) is 11.3. The summed E-state index contributed by atoms with van der Waals surface area (Å²) in [7, 11) is 0. The fraction of sp³-hybridized carbons (Fsp3) is 0.600. The molecule has 0 heterocycles. The average molecular weight is 234 g/mol. The van der Waals surface area contributed by atoms with Crippen LogP contribution in [0.5, 0.6) is 0 Å². The highest BCUT2D eigenvalue weighted by Gasteiger charge is 2.21. The molecule has 0 fully saturated rings. The molecule has 94 valence electrons. The van der Waals surface area contributed by atoms with Crippen LogP contribution in [0.15, 0.2) is 22.8 Å². The molecule has 0 bridgehead atoms. The van der Waals surface area contributed by atoms with Gasteiger partial charge in [0.15, 0.2) is 5.78 Å². The summed E-state index contributed by atoms with van der Waals surface area (Å²) < 4.78 is 0. The Hall–Kier alpha value is -1.18. The molecule has 0 saturated heterocycles. The lowest BCUT2D eigenvalue weighted by Gasteiger charge is -2.12. The monoisotopic (exact) mass is 234 g/mol. The maximum Gasteiger partial charge on any atom is 0.159 e. The van der Waals surface area contributed by atoms with Crippen molar-refractivity contribution in [3.05, 3.63) is 22.8 Å². The highest BCUT2D eigenvalue weighted by molar-refractivity contribution is 5.97. The molecule has 0 saturated carbocycles. The van der Waals surface area contributed by atoms with Crippen molar-refractivity contribution < 1.29 is 9.59 Å². The molecular weight excluding hydrogens is 212 g/mol. The fourth-order valence-electron chi connectivity index (χ4n) is 2.23. The molecule has 0 amide bonds. The molecule has 2 heteroatoms. The zero-order valence-electron chi connectivity index (χ0n) is 11.3. The van der Waals surface area contributed by atoms with E-state index in [1.54, 1.807) is 6.92 Å². The van der Waals surface area contributed by atoms with Crippen LogP contribution in [0.3, 0.4) is 0 Å². The summed E-state index contributed by atoms with van der Waals surface area (Å²) in [5.41, 5.74) is 3.34. The van der Waals surface area contributed by atoms with Gasteiger partial charge in [-0.15, -0.1) is 0 Å². The molecule has 0 N–H and O–H groups in total. The normalized spacial score (nSPS) is 20.9. The second-order valence-corrected chi connectivity index (χ2v) is 5.19. The minimum atomic E-state index is 0.219. The molecule has 0 aromatic carbocycles. The molecule has 1 atom stereocenters. The number of allylic oxidation sites excluding steroid dienone is 4. The van der Waals surface area contributed by atoms with E-state index in [1.165, 1.54) is 5.57 Å². The third-order valence-corrected chi connectivity index (χ3v) is 3.40. The third kappa shape index (κ3) is 3.95. The lowest BCUT2D eigenvalue weighted by Crippen LogP contribution is -2.08. The molecule has 17 heavy (non-hydrogen) atoms. The van der Waals surface area contributed by atoms with Crippen LogP contribution in [-0.4, -0.2) is 11.6 Å². The molecule has 1 aliphatic carbocycles. The van der Waals surface area contributed by atoms with Gasteiger partial charge in [-0.25, -0.2) is 0 Å². The van der Waals surface area contributed by atoms with Gasteiger partial charge in [-0.2, -0.15) is 0 Å². The van der Waals surface area contributed by atoms with Crippen molar-refractivity contribution in [2.24, 2.45) is 5.92 Å². The van der Waals surface area contributed by atoms with E-state index in [0.717, 1.165) is 24.0 Å². The number of Topliss-reactive ketones (excluding diaryl/α,β-unsaturated/α-hetero) is 2. The van der Waals surface area contributed by atoms with E-state index in [1.807, 2.05) is 13.8 Å². The molecule has 0 spiro atoms. The van der Waals surface area contributed by atoms with Gasteiger partial charge in [0, 0.05) is 12.8 Å². The Morgan fingerprint density at radius 2 is 2.00 bits per heavy atom. The van der Waals surface area contributed by atoms with Crippen LogP contribution >= 0.6 is 0 Å². The van der Waals surface area contributed by atoms with Crippen molar-refractivity contribution in [2.75, 3.05) is 0 Å². The van der Waals surface area contributed by atoms with Gasteiger partial charge in [-0.1, -0.05) is 24.1 Å². The molecule has 1 rings (SSSR count). The van der Waals surface area contributed by atoms with E-state index in [-0.39, 0.29) is 17.5 Å². The first-order valence-electron chi connectivity index (χ1n) is 6.29. The summed E-state index contributed by atoms with van der Waals surface area (Å²) in [6.45, 7) is 7.69. The summed E-state index contributed by atoms with van der Waals surface area (Å²) in [5, 5.41) is 0. The minimum absolute atomic E-state index is 0.219. The molecular formula is C15H22O2. The molecule has 0 aromatic heterocycles. The van der Waals surface area contributed by atoms with E-state index in [9.17, 15) is 9.59 Å². The molecule has 0 radical (unpaired) electrons. The predicted molar refractivity (Wildman–Crippen MR) is 69.8 cm³/mol. The van der Waals surface area contributed by atoms with E-state index in [2.05, 4.69) is 13.0 Å². The smallest absolute Gasteiger partial charge is 0.159 e. The lowest BCUT2D eigenvalue weighted by molar-refractivity contribution is -0.117. The number of carbonyl (C=O) groups excluding carboxylic acids is 2. The van der Waals surface area contributed by atoms with Crippen LogP contribution in [0.4, 0.5) is 0 Å². The van der Waals surface area contributed by atoms with E-state index in [4.69, 9.17) is 0 Å². The summed E-state index contributed by atoms with van der Waals surface area (Å²) in [6.07, 6.45) is 4.87. The van der Waals surface area contributed by atoms with Crippen molar-refractivity contribution in [1.29, 1.82) is 0 Å². The van der Waals surface area contributed by atoms with Crippen molar-refractivity contribution in [3.63, 3.8) is 0 Å². The Bertz CT molecular complexity index is 382. The number of ketones is 2. The van der Waals surface area contributed by atoms with Gasteiger partial charge in [0.05, 0.1) is 0 Å². The lowest BCUT2D eigenvalue weighted by atomic mass is 9.92. The molecule has 0 unspecified atom stereocenters. The van der Waals surface area contributed by atoms with E-state index < -0.39 is 0 Å². The Morgan fingerprint density at radius 1 is 1.35 bits per heavy atom. The second kappa shape index (κ2) is 5.95. The highest BCUT2D eigenvalue weighted by Crippen LogP contribution is 2.28. The Morgan fingerprint density at radius 3 is 2.53 bits per heavy atom. The first-order valence-corrected chi connectivity index (χ1v) is 6.29. The molecule has 1 aliphatic rings. The third-order valence-electron chi connectivity index (χ3n) is 3.40. The Kier molecular flexibility index (Phi) is 4.86. The van der Waals surface area contributed by atoms with Gasteiger partial charge in [0.2, 0.25) is 0 Å². The Labute approximate surface area is 104 Å². The summed E-state index contributed by atoms with van der Waals surface area (Å²) in [4.78, 5) is 23.0. The van der Waals surface area contributed by atoms with Crippen LogP contribution in [-0.2, 0) is 9.59 Å². The van der Waals surface area contributed by atoms with Crippen molar-refractivity contribution >= 4 is 11.6 Å². The van der Waals surface area contributed by atoms with E-state index >= 15 is 0 Å². The van der Waals surface area contributed by atoms with Gasteiger partial charge in [0.1, 0.15) is 5.78 Å². The largest absolute Gasteiger partial charge is 0.300 e. The SMILES string of the molecule is CC(=O)CCC1=CCC(=C(C)C)C(=O)C[C@@H]1C. The predicted octanol–water partition coefficient (Wildman–Crippen LogP) is 3.62. The molecule has 0 aliphatic heterocycles. The van der Waals surface area contributed by atoms with E-state index in [0.29, 0.717) is 12.8 Å². The maximum atomic E-state index is 12.0. The van der Waals surface area contributed by atoms with Crippen molar-refractivity contribution in [2.45, 2.75) is 53.4 Å². The summed E-state index contributed by atoms with van der Waals surface area (Å²) >= 11 is 0. The number of carbonyl (C=O) groups is 2. The van der Waals surface area contributed by atoms with Crippen LogP contribution in [0.25, 0.3) is 0 Å². The second-order valence-electron chi connectivity index (χ2n) is 5.19. The minimum Gasteiger partial charge on any atom is -0.300 e. The maximum absolute atomic E-state index is 12.0. The summed E-state index contributed by atoms with van der Waals surface area (Å²) in [5.74, 6) is 0.765. The van der Waals surface area contributed by atoms with Gasteiger partial charge < -0.3 is 4.79 Å². The van der Waals surface area contributed by atoms with Gasteiger partial charge in [0.25, 0.3) is 0 Å². The fourth-order valence-corrected chi connectivity index (χ4v) is 2.23. The first kappa shape index (κ1) is 13.9. The summed E-state index contributed by atoms with van der Waals surface area (Å²) in [6, 6.07) is 0. The van der Waals surface area contributed by atoms with Gasteiger partial charge in [-0.05, 0) is 45.1 Å². The van der Waals surface area contributed by atoms with Crippen LogP contribution in [0.2, 0.25) is 0 Å². The zero-order chi connectivity index (χ0) is 13.0. The number of rotatable bonds is 3. The average Bonchev–Trinajstić information content (AvgIpc) is 2.34. The first-order chi connectivity index (χ1) is 7.91. The molecule has 2 nitrogen and oxygen atoms in total. The highest BCUT2D eigenvalue weighted by atomic mass is 16.1. The van der Waals surface area contributed by atoms with Crippen molar-refractivity contribution in [3.8, 4) is 0 Å². The van der Waals surface area contributed by atoms with Gasteiger partial charge in [-0.3, -0.25) is 4.79 Å². The van der Waals surface area contributed by atoms with Crippen molar-refractivity contribution in [1.82, 2.24) is 0 Å². The molecule has 0 aromatic rings. The number of hydrogen-bond donors (Lipinski definition) is 0. The quantitative estimate of drug-likeness (QED) is 0.552. The van der Waals surface area contributed by atoms with Crippen LogP contribution in [0, 0.1) is 5.92 Å². The van der Waals surface area contributed by atoms with Crippen LogP contribution < -0.4 is 0 Å². The standard InChI is InChI=1S/C15H22O2/c1-10(2)14-8-7-13(6-5-12(4)16)11(3)9-15(14)17/h7,11H,5-6,8-9H2,1-4H3/t11-/m0/s1. The van der Waals surface area contributed by atoms with Crippen LogP contribution in [0.1, 0.15) is 53.4 Å².